The van der Waals surface area contributed by atoms with E-state index in [9.17, 15) is 5.26 Å². The van der Waals surface area contributed by atoms with Crippen molar-refractivity contribution in [2.75, 3.05) is 5.73 Å². The topological polar surface area (TPSA) is 71.9 Å². The van der Waals surface area contributed by atoms with E-state index >= 15 is 0 Å². The predicted octanol–water partition coefficient (Wildman–Crippen LogP) is 5.15. The van der Waals surface area contributed by atoms with Crippen LogP contribution in [0.5, 0.6) is 11.5 Å². The Kier molecular flexibility index (Phi) is 3.97. The Bertz CT molecular complexity index is 1130. The van der Waals surface area contributed by atoms with Crippen molar-refractivity contribution in [2.24, 2.45) is 0 Å². The van der Waals surface area contributed by atoms with Crippen LogP contribution in [-0.2, 0) is 0 Å². The normalized spacial score (nSPS) is 10.4. The Labute approximate surface area is 151 Å². The summed E-state index contributed by atoms with van der Waals surface area (Å²) in [5.41, 5.74) is 9.05. The summed E-state index contributed by atoms with van der Waals surface area (Å²) in [6, 6.07) is 26.8. The number of anilines is 1. The first-order valence-electron chi connectivity index (χ1n) is 8.18. The standard InChI is InChI=1S/C22H15N3O/c23-14-18-21(24)16-10-4-6-12-19(16)25-22(18)17-11-5-7-13-20(17)26-15-8-2-1-3-9-15/h1-13H,(H2,24,25). The molecule has 0 spiro atoms. The second kappa shape index (κ2) is 6.58. The van der Waals surface area contributed by atoms with E-state index in [1.54, 1.807) is 0 Å². The second-order valence-corrected chi connectivity index (χ2v) is 5.79. The molecule has 0 aliphatic carbocycles. The van der Waals surface area contributed by atoms with E-state index in [-0.39, 0.29) is 0 Å². The SMILES string of the molecule is N#Cc1c(-c2ccccc2Oc2ccccc2)nc2ccccc2c1N. The van der Waals surface area contributed by atoms with Gasteiger partial charge in [-0.1, -0.05) is 48.5 Å². The molecule has 4 rings (SSSR count). The minimum Gasteiger partial charge on any atom is -0.457 e. The highest BCUT2D eigenvalue weighted by Crippen LogP contribution is 2.37. The first kappa shape index (κ1) is 15.7. The molecule has 26 heavy (non-hydrogen) atoms. The number of nitrogens with two attached hydrogens (primary N) is 1. The molecule has 0 aliphatic heterocycles. The molecule has 0 atom stereocenters. The van der Waals surface area contributed by atoms with Crippen molar-refractivity contribution in [3.8, 4) is 28.8 Å². The van der Waals surface area contributed by atoms with Gasteiger partial charge in [-0.05, 0) is 30.3 Å². The van der Waals surface area contributed by atoms with Crippen LogP contribution in [0.25, 0.3) is 22.2 Å². The summed E-state index contributed by atoms with van der Waals surface area (Å²) in [6.07, 6.45) is 0. The Balaban J connectivity index is 1.93. The molecule has 0 radical (unpaired) electrons. The molecule has 0 fully saturated rings. The molecule has 1 aromatic heterocycles. The minimum absolute atomic E-state index is 0.354. The third-order valence-corrected chi connectivity index (χ3v) is 4.16. The van der Waals surface area contributed by atoms with Crippen LogP contribution in [0.4, 0.5) is 5.69 Å². The summed E-state index contributed by atoms with van der Waals surface area (Å²) >= 11 is 0. The molecule has 0 unspecified atom stereocenters. The molecule has 1 heterocycles. The number of ether oxygens (including phenoxy) is 1. The molecule has 2 N–H and O–H groups in total. The number of rotatable bonds is 3. The van der Waals surface area contributed by atoms with Crippen LogP contribution in [0.2, 0.25) is 0 Å². The van der Waals surface area contributed by atoms with Gasteiger partial charge in [-0.3, -0.25) is 0 Å². The Morgan fingerprint density at radius 2 is 1.54 bits per heavy atom. The molecule has 0 bridgehead atoms. The van der Waals surface area contributed by atoms with Crippen molar-refractivity contribution >= 4 is 16.6 Å². The molecule has 0 aliphatic rings. The molecule has 4 nitrogen and oxygen atoms in total. The molecule has 124 valence electrons. The Morgan fingerprint density at radius 3 is 2.35 bits per heavy atom. The molecule has 3 aromatic carbocycles. The third kappa shape index (κ3) is 2.72. The zero-order valence-corrected chi connectivity index (χ0v) is 13.9. The number of pyridine rings is 1. The van der Waals surface area contributed by atoms with Crippen LogP contribution < -0.4 is 10.5 Å². The van der Waals surface area contributed by atoms with Crippen molar-refractivity contribution in [3.05, 3.63) is 84.4 Å². The molecule has 4 aromatic rings. The Morgan fingerprint density at radius 1 is 0.846 bits per heavy atom. The van der Waals surface area contributed by atoms with Crippen molar-refractivity contribution < 1.29 is 4.74 Å². The molecular formula is C22H15N3O. The summed E-state index contributed by atoms with van der Waals surface area (Å²) in [5, 5.41) is 10.5. The van der Waals surface area contributed by atoms with Gasteiger partial charge >= 0.3 is 0 Å². The summed E-state index contributed by atoms with van der Waals surface area (Å²) < 4.78 is 6.03. The van der Waals surface area contributed by atoms with Crippen LogP contribution in [0, 0.1) is 11.3 Å². The van der Waals surface area contributed by atoms with Gasteiger partial charge in [-0.15, -0.1) is 0 Å². The smallest absolute Gasteiger partial charge is 0.136 e. The highest BCUT2D eigenvalue weighted by Gasteiger charge is 2.17. The van der Waals surface area contributed by atoms with Crippen LogP contribution in [0.15, 0.2) is 78.9 Å². The van der Waals surface area contributed by atoms with Crippen LogP contribution >= 0.6 is 0 Å². The number of para-hydroxylation sites is 3. The van der Waals surface area contributed by atoms with Gasteiger partial charge in [0.2, 0.25) is 0 Å². The molecule has 0 saturated carbocycles. The van der Waals surface area contributed by atoms with E-state index < -0.39 is 0 Å². The quantitative estimate of drug-likeness (QED) is 0.561. The van der Waals surface area contributed by atoms with Crippen molar-refractivity contribution in [2.45, 2.75) is 0 Å². The summed E-state index contributed by atoms with van der Waals surface area (Å²) in [5.74, 6) is 1.34. The van der Waals surface area contributed by atoms with Gasteiger partial charge in [0.15, 0.2) is 0 Å². The van der Waals surface area contributed by atoms with Crippen molar-refractivity contribution in [3.63, 3.8) is 0 Å². The summed E-state index contributed by atoms with van der Waals surface area (Å²) in [4.78, 5) is 4.70. The highest BCUT2D eigenvalue weighted by atomic mass is 16.5. The summed E-state index contributed by atoms with van der Waals surface area (Å²) in [7, 11) is 0. The van der Waals surface area contributed by atoms with Crippen molar-refractivity contribution in [1.29, 1.82) is 5.26 Å². The van der Waals surface area contributed by atoms with Gasteiger partial charge in [-0.2, -0.15) is 5.26 Å². The monoisotopic (exact) mass is 337 g/mol. The minimum atomic E-state index is 0.354. The summed E-state index contributed by atoms with van der Waals surface area (Å²) in [6.45, 7) is 0. The van der Waals surface area contributed by atoms with E-state index in [4.69, 9.17) is 15.5 Å². The van der Waals surface area contributed by atoms with Crippen LogP contribution in [0.3, 0.4) is 0 Å². The molecular weight excluding hydrogens is 322 g/mol. The first-order valence-corrected chi connectivity index (χ1v) is 8.18. The van der Waals surface area contributed by atoms with Gasteiger partial charge in [0.05, 0.1) is 16.9 Å². The van der Waals surface area contributed by atoms with Gasteiger partial charge in [0.1, 0.15) is 23.1 Å². The maximum Gasteiger partial charge on any atom is 0.136 e. The zero-order valence-electron chi connectivity index (χ0n) is 13.9. The average Bonchev–Trinajstić information content (AvgIpc) is 2.69. The average molecular weight is 337 g/mol. The molecule has 4 heteroatoms. The first-order chi connectivity index (χ1) is 12.8. The number of hydrogen-bond acceptors (Lipinski definition) is 4. The lowest BCUT2D eigenvalue weighted by molar-refractivity contribution is 0.484. The number of nitrogen functional groups attached to an aromatic ring is 1. The van der Waals surface area contributed by atoms with Gasteiger partial charge in [-0.25, -0.2) is 4.98 Å². The molecule has 0 amide bonds. The van der Waals surface area contributed by atoms with Crippen LogP contribution in [0.1, 0.15) is 5.56 Å². The fraction of sp³-hybridized carbons (Fsp3) is 0. The number of benzene rings is 3. The number of fused-ring (bicyclic) bond motifs is 1. The maximum atomic E-state index is 9.69. The van der Waals surface area contributed by atoms with E-state index in [1.807, 2.05) is 78.9 Å². The lowest BCUT2D eigenvalue weighted by atomic mass is 10.0. The Hall–Kier alpha value is -3.84. The van der Waals surface area contributed by atoms with E-state index in [0.717, 1.165) is 16.5 Å². The van der Waals surface area contributed by atoms with Gasteiger partial charge < -0.3 is 10.5 Å². The molecule has 0 saturated heterocycles. The van der Waals surface area contributed by atoms with Gasteiger partial charge in [0.25, 0.3) is 0 Å². The third-order valence-electron chi connectivity index (χ3n) is 4.16. The largest absolute Gasteiger partial charge is 0.457 e. The number of hydrogen-bond donors (Lipinski definition) is 1. The predicted molar refractivity (Wildman–Crippen MR) is 103 cm³/mol. The second-order valence-electron chi connectivity index (χ2n) is 5.79. The number of aromatic nitrogens is 1. The van der Waals surface area contributed by atoms with E-state index in [2.05, 4.69) is 6.07 Å². The number of nitriles is 1. The van der Waals surface area contributed by atoms with Crippen LogP contribution in [-0.4, -0.2) is 4.98 Å². The highest BCUT2D eigenvalue weighted by molar-refractivity contribution is 5.97. The fourth-order valence-corrected chi connectivity index (χ4v) is 2.91. The fourth-order valence-electron chi connectivity index (χ4n) is 2.91. The van der Waals surface area contributed by atoms with Gasteiger partial charge in [0, 0.05) is 10.9 Å². The maximum absolute atomic E-state index is 9.69. The van der Waals surface area contributed by atoms with E-state index in [0.29, 0.717) is 28.4 Å². The number of nitrogens with zero attached hydrogens (tertiary/aromatic N) is 2. The lowest BCUT2D eigenvalue weighted by Crippen LogP contribution is -2.00. The van der Waals surface area contributed by atoms with Crippen molar-refractivity contribution in [1.82, 2.24) is 4.98 Å². The van der Waals surface area contributed by atoms with E-state index in [1.165, 1.54) is 0 Å². The zero-order chi connectivity index (χ0) is 17.9. The lowest BCUT2D eigenvalue weighted by Gasteiger charge is -2.14.